The summed E-state index contributed by atoms with van der Waals surface area (Å²) in [6.07, 6.45) is 0. The standard InChI is InChI=1S/C16H15FN2O/c1-3-19-15-7-4-10(2)8-14(15)18-16(19)12-6-5-11(20)9-13(12)17/h4-9,20H,3H2,1-2H3. The number of halogens is 1. The SMILES string of the molecule is CCn1c(-c2ccc(O)cc2F)nc2cc(C)ccc21. The van der Waals surface area contributed by atoms with Crippen LogP contribution in [0.5, 0.6) is 5.75 Å². The summed E-state index contributed by atoms with van der Waals surface area (Å²) in [5, 5.41) is 9.32. The quantitative estimate of drug-likeness (QED) is 0.767. The first-order valence-electron chi connectivity index (χ1n) is 6.56. The normalized spacial score (nSPS) is 11.2. The highest BCUT2D eigenvalue weighted by molar-refractivity contribution is 5.81. The fraction of sp³-hybridized carbons (Fsp3) is 0.188. The Kier molecular flexibility index (Phi) is 2.93. The van der Waals surface area contributed by atoms with Crippen LogP contribution in [0.15, 0.2) is 36.4 Å². The number of nitrogens with zero attached hydrogens (tertiary/aromatic N) is 2. The van der Waals surface area contributed by atoms with Gasteiger partial charge in [-0.2, -0.15) is 0 Å². The first-order chi connectivity index (χ1) is 9.60. The maximum absolute atomic E-state index is 14.0. The summed E-state index contributed by atoms with van der Waals surface area (Å²) >= 11 is 0. The Morgan fingerprint density at radius 3 is 2.70 bits per heavy atom. The van der Waals surface area contributed by atoms with E-state index in [1.54, 1.807) is 6.07 Å². The van der Waals surface area contributed by atoms with E-state index in [9.17, 15) is 9.50 Å². The van der Waals surface area contributed by atoms with Gasteiger partial charge in [0.25, 0.3) is 0 Å². The molecule has 102 valence electrons. The first-order valence-corrected chi connectivity index (χ1v) is 6.56. The lowest BCUT2D eigenvalue weighted by molar-refractivity contribution is 0.469. The smallest absolute Gasteiger partial charge is 0.144 e. The van der Waals surface area contributed by atoms with E-state index in [4.69, 9.17) is 0 Å². The predicted octanol–water partition coefficient (Wildman–Crippen LogP) is 3.88. The summed E-state index contributed by atoms with van der Waals surface area (Å²) in [6.45, 7) is 4.71. The Labute approximate surface area is 116 Å². The largest absolute Gasteiger partial charge is 0.508 e. The summed E-state index contributed by atoms with van der Waals surface area (Å²) in [4.78, 5) is 4.55. The van der Waals surface area contributed by atoms with Gasteiger partial charge in [-0.3, -0.25) is 0 Å². The van der Waals surface area contributed by atoms with Crippen LogP contribution in [0.3, 0.4) is 0 Å². The monoisotopic (exact) mass is 270 g/mol. The van der Waals surface area contributed by atoms with E-state index in [0.717, 1.165) is 22.7 Å². The van der Waals surface area contributed by atoms with Crippen LogP contribution in [0.2, 0.25) is 0 Å². The lowest BCUT2D eigenvalue weighted by atomic mass is 10.2. The van der Waals surface area contributed by atoms with Gasteiger partial charge < -0.3 is 9.67 Å². The molecule has 3 nitrogen and oxygen atoms in total. The van der Waals surface area contributed by atoms with Crippen LogP contribution in [0.1, 0.15) is 12.5 Å². The highest BCUT2D eigenvalue weighted by Gasteiger charge is 2.15. The molecule has 0 radical (unpaired) electrons. The van der Waals surface area contributed by atoms with E-state index >= 15 is 0 Å². The molecule has 4 heteroatoms. The van der Waals surface area contributed by atoms with Crippen molar-refractivity contribution >= 4 is 11.0 Å². The number of hydrogen-bond donors (Lipinski definition) is 1. The number of phenols is 1. The zero-order chi connectivity index (χ0) is 14.3. The van der Waals surface area contributed by atoms with Crippen molar-refractivity contribution in [3.63, 3.8) is 0 Å². The summed E-state index contributed by atoms with van der Waals surface area (Å²) in [6, 6.07) is 10.2. The molecule has 3 rings (SSSR count). The number of hydrogen-bond acceptors (Lipinski definition) is 2. The molecule has 0 unspecified atom stereocenters. The molecule has 0 atom stereocenters. The number of benzene rings is 2. The van der Waals surface area contributed by atoms with Gasteiger partial charge >= 0.3 is 0 Å². The van der Waals surface area contributed by atoms with Gasteiger partial charge in [0.15, 0.2) is 0 Å². The van der Waals surface area contributed by atoms with Crippen molar-refractivity contribution in [3.05, 3.63) is 47.8 Å². The minimum absolute atomic E-state index is 0.0822. The molecule has 1 heterocycles. The number of fused-ring (bicyclic) bond motifs is 1. The van der Waals surface area contributed by atoms with E-state index in [2.05, 4.69) is 4.98 Å². The van der Waals surface area contributed by atoms with Gasteiger partial charge in [0, 0.05) is 12.6 Å². The van der Waals surface area contributed by atoms with E-state index in [1.165, 1.54) is 6.07 Å². The Hall–Kier alpha value is -2.36. The minimum Gasteiger partial charge on any atom is -0.508 e. The zero-order valence-electron chi connectivity index (χ0n) is 11.4. The van der Waals surface area contributed by atoms with Crippen molar-refractivity contribution in [3.8, 4) is 17.1 Å². The second-order valence-corrected chi connectivity index (χ2v) is 4.84. The van der Waals surface area contributed by atoms with Crippen molar-refractivity contribution in [2.45, 2.75) is 20.4 Å². The maximum atomic E-state index is 14.0. The van der Waals surface area contributed by atoms with Gasteiger partial charge in [0.1, 0.15) is 17.4 Å². The molecule has 1 aromatic heterocycles. The Bertz CT molecular complexity index is 793. The van der Waals surface area contributed by atoms with Crippen LogP contribution in [0, 0.1) is 12.7 Å². The predicted molar refractivity (Wildman–Crippen MR) is 77.2 cm³/mol. The van der Waals surface area contributed by atoms with Gasteiger partial charge in [0.2, 0.25) is 0 Å². The number of aryl methyl sites for hydroxylation is 2. The molecule has 1 N–H and O–H groups in total. The van der Waals surface area contributed by atoms with Crippen LogP contribution in [0.25, 0.3) is 22.4 Å². The molecular formula is C16H15FN2O. The Morgan fingerprint density at radius 2 is 2.00 bits per heavy atom. The molecule has 0 fully saturated rings. The summed E-state index contributed by atoms with van der Waals surface area (Å²) in [5.41, 5.74) is 3.37. The van der Waals surface area contributed by atoms with Gasteiger partial charge in [0.05, 0.1) is 16.6 Å². The molecule has 2 aromatic carbocycles. The number of aromatic hydroxyl groups is 1. The van der Waals surface area contributed by atoms with Gasteiger partial charge in [-0.05, 0) is 43.7 Å². The van der Waals surface area contributed by atoms with Gasteiger partial charge in [-0.15, -0.1) is 0 Å². The number of rotatable bonds is 2. The van der Waals surface area contributed by atoms with Gasteiger partial charge in [-0.25, -0.2) is 9.37 Å². The number of phenolic OH excluding ortho intramolecular Hbond substituents is 1. The summed E-state index contributed by atoms with van der Waals surface area (Å²) < 4.78 is 16.0. The van der Waals surface area contributed by atoms with Crippen LogP contribution in [-0.4, -0.2) is 14.7 Å². The molecule has 0 aliphatic heterocycles. The van der Waals surface area contributed by atoms with E-state index < -0.39 is 5.82 Å². The number of imidazole rings is 1. The minimum atomic E-state index is -0.466. The average Bonchev–Trinajstić information content (AvgIpc) is 2.75. The third-order valence-electron chi connectivity index (χ3n) is 3.41. The molecule has 0 saturated carbocycles. The van der Waals surface area contributed by atoms with E-state index in [1.807, 2.05) is 36.6 Å². The van der Waals surface area contributed by atoms with Crippen molar-refractivity contribution in [1.82, 2.24) is 9.55 Å². The molecule has 0 aliphatic rings. The van der Waals surface area contributed by atoms with Crippen LogP contribution in [0.4, 0.5) is 4.39 Å². The summed E-state index contributed by atoms with van der Waals surface area (Å²) in [7, 11) is 0. The lowest BCUT2D eigenvalue weighted by Gasteiger charge is -2.07. The van der Waals surface area contributed by atoms with Gasteiger partial charge in [-0.1, -0.05) is 6.07 Å². The molecule has 20 heavy (non-hydrogen) atoms. The lowest BCUT2D eigenvalue weighted by Crippen LogP contribution is -1.99. The maximum Gasteiger partial charge on any atom is 0.144 e. The average molecular weight is 270 g/mol. The second kappa shape index (κ2) is 4.63. The summed E-state index contributed by atoms with van der Waals surface area (Å²) in [5.74, 6) is 0.0404. The van der Waals surface area contributed by atoms with Crippen LogP contribution >= 0.6 is 0 Å². The zero-order valence-corrected chi connectivity index (χ0v) is 11.4. The van der Waals surface area contributed by atoms with Crippen molar-refractivity contribution < 1.29 is 9.50 Å². The molecule has 0 spiro atoms. The van der Waals surface area contributed by atoms with E-state index in [-0.39, 0.29) is 5.75 Å². The van der Waals surface area contributed by atoms with Crippen molar-refractivity contribution in [1.29, 1.82) is 0 Å². The highest BCUT2D eigenvalue weighted by Crippen LogP contribution is 2.29. The van der Waals surface area contributed by atoms with Crippen LogP contribution < -0.4 is 0 Å². The molecule has 0 amide bonds. The van der Waals surface area contributed by atoms with Crippen molar-refractivity contribution in [2.75, 3.05) is 0 Å². The van der Waals surface area contributed by atoms with E-state index in [0.29, 0.717) is 17.9 Å². The third kappa shape index (κ3) is 1.93. The molecule has 0 saturated heterocycles. The van der Waals surface area contributed by atoms with Crippen LogP contribution in [-0.2, 0) is 6.54 Å². The number of aromatic nitrogens is 2. The molecular weight excluding hydrogens is 255 g/mol. The highest BCUT2D eigenvalue weighted by atomic mass is 19.1. The Balaban J connectivity index is 2.30. The topological polar surface area (TPSA) is 38.0 Å². The fourth-order valence-electron chi connectivity index (χ4n) is 2.45. The molecule has 0 bridgehead atoms. The van der Waals surface area contributed by atoms with Crippen molar-refractivity contribution in [2.24, 2.45) is 0 Å². The fourth-order valence-corrected chi connectivity index (χ4v) is 2.45. The third-order valence-corrected chi connectivity index (χ3v) is 3.41. The first kappa shape index (κ1) is 12.7. The Morgan fingerprint density at radius 1 is 1.20 bits per heavy atom. The molecule has 0 aliphatic carbocycles. The second-order valence-electron chi connectivity index (χ2n) is 4.84. The molecule has 3 aromatic rings.